The highest BCUT2D eigenvalue weighted by Gasteiger charge is 2.17. The molecule has 0 N–H and O–H groups in total. The van der Waals surface area contributed by atoms with Crippen LogP contribution < -0.4 is 0 Å². The predicted octanol–water partition coefficient (Wildman–Crippen LogP) is 2.75. The van der Waals surface area contributed by atoms with Crippen LogP contribution in [0.4, 0.5) is 0 Å². The number of thioether (sulfide) groups is 1. The van der Waals surface area contributed by atoms with Crippen molar-refractivity contribution in [3.05, 3.63) is 35.4 Å². The fraction of sp³-hybridized carbons (Fsp3) is 0.400. The van der Waals surface area contributed by atoms with Crippen molar-refractivity contribution in [1.29, 1.82) is 0 Å². The van der Waals surface area contributed by atoms with Gasteiger partial charge >= 0.3 is 0 Å². The average Bonchev–Trinajstić information content (AvgIpc) is 2.93. The van der Waals surface area contributed by atoms with E-state index >= 15 is 0 Å². The number of ether oxygens (including phenoxy) is 2. The summed E-state index contributed by atoms with van der Waals surface area (Å²) < 4.78 is 10.8. The molecular weight excluding hydrogens is 260 g/mol. The minimum Gasteiger partial charge on any atom is -0.346 e. The first-order valence-corrected chi connectivity index (χ1v) is 7.19. The first-order chi connectivity index (χ1) is 9.25. The third-order valence-corrected chi connectivity index (χ3v) is 3.38. The van der Waals surface area contributed by atoms with Gasteiger partial charge in [0.1, 0.15) is 0 Å². The lowest BCUT2D eigenvalue weighted by atomic mass is 10.1. The van der Waals surface area contributed by atoms with Crippen LogP contribution in [0, 0.1) is 11.8 Å². The quantitative estimate of drug-likeness (QED) is 0.628. The van der Waals surface area contributed by atoms with Crippen molar-refractivity contribution in [3.63, 3.8) is 0 Å². The number of rotatable bonds is 3. The molecule has 2 rings (SSSR count). The molecule has 1 aromatic carbocycles. The topological polar surface area (TPSA) is 35.5 Å². The molecule has 0 amide bonds. The molecule has 1 aliphatic heterocycles. The molecule has 100 valence electrons. The molecule has 19 heavy (non-hydrogen) atoms. The third kappa shape index (κ3) is 4.71. The van der Waals surface area contributed by atoms with E-state index in [1.165, 1.54) is 11.8 Å². The van der Waals surface area contributed by atoms with Crippen molar-refractivity contribution < 1.29 is 14.3 Å². The molecule has 0 spiro atoms. The molecule has 0 bridgehead atoms. The molecular formula is C15H16O3S. The highest BCUT2D eigenvalue weighted by molar-refractivity contribution is 8.13. The predicted molar refractivity (Wildman–Crippen MR) is 75.7 cm³/mol. The summed E-state index contributed by atoms with van der Waals surface area (Å²) in [5.41, 5.74) is 1.99. The molecule has 0 aliphatic carbocycles. The number of carbonyl (C=O) groups excluding carboxylic acids is 1. The summed E-state index contributed by atoms with van der Waals surface area (Å²) in [6, 6.07) is 7.88. The maximum Gasteiger partial charge on any atom is 0.185 e. The Kier molecular flexibility index (Phi) is 5.46. The molecule has 0 atom stereocenters. The van der Waals surface area contributed by atoms with Gasteiger partial charge in [0, 0.05) is 30.2 Å². The first-order valence-electron chi connectivity index (χ1n) is 6.21. The van der Waals surface area contributed by atoms with E-state index < -0.39 is 0 Å². The molecule has 4 heteroatoms. The molecule has 0 radical (unpaired) electrons. The van der Waals surface area contributed by atoms with Crippen molar-refractivity contribution >= 4 is 16.9 Å². The van der Waals surface area contributed by atoms with Gasteiger partial charge < -0.3 is 9.47 Å². The summed E-state index contributed by atoms with van der Waals surface area (Å²) in [7, 11) is 0. The Morgan fingerprint density at radius 1 is 1.32 bits per heavy atom. The van der Waals surface area contributed by atoms with E-state index in [0.29, 0.717) is 13.2 Å². The molecule has 1 aromatic rings. The van der Waals surface area contributed by atoms with Crippen LogP contribution in [0.2, 0.25) is 0 Å². The van der Waals surface area contributed by atoms with Crippen molar-refractivity contribution in [3.8, 4) is 11.8 Å². The number of carbonyl (C=O) groups is 1. The van der Waals surface area contributed by atoms with Crippen LogP contribution in [0.25, 0.3) is 0 Å². The fourth-order valence-electron chi connectivity index (χ4n) is 1.68. The Hall–Kier alpha value is -1.28. The maximum absolute atomic E-state index is 10.7. The number of hydrogen-bond donors (Lipinski definition) is 0. The van der Waals surface area contributed by atoms with Gasteiger partial charge in [0.25, 0.3) is 0 Å². The van der Waals surface area contributed by atoms with Gasteiger partial charge in [-0.15, -0.1) is 0 Å². The summed E-state index contributed by atoms with van der Waals surface area (Å²) in [6.07, 6.45) is 0.495. The van der Waals surface area contributed by atoms with Gasteiger partial charge in [0.15, 0.2) is 11.4 Å². The van der Waals surface area contributed by atoms with Crippen LogP contribution in [-0.4, -0.2) is 24.1 Å². The maximum atomic E-state index is 10.7. The highest BCUT2D eigenvalue weighted by Crippen LogP contribution is 2.23. The van der Waals surface area contributed by atoms with Crippen molar-refractivity contribution in [2.75, 3.05) is 19.0 Å². The normalized spacial score (nSPS) is 15.0. The molecule has 1 heterocycles. The Labute approximate surface area is 117 Å². The van der Waals surface area contributed by atoms with Crippen molar-refractivity contribution in [2.45, 2.75) is 19.6 Å². The van der Waals surface area contributed by atoms with E-state index in [9.17, 15) is 4.79 Å². The van der Waals surface area contributed by atoms with Gasteiger partial charge in [0.05, 0.1) is 13.2 Å². The van der Waals surface area contributed by atoms with Crippen LogP contribution in [0.5, 0.6) is 0 Å². The minimum atomic E-state index is -0.228. The molecule has 0 unspecified atom stereocenters. The highest BCUT2D eigenvalue weighted by atomic mass is 32.2. The Bertz CT molecular complexity index is 478. The molecule has 0 saturated carbocycles. The fourth-order valence-corrected chi connectivity index (χ4v) is 2.18. The zero-order valence-corrected chi connectivity index (χ0v) is 11.7. The molecule has 1 aliphatic rings. The molecule has 1 fully saturated rings. The lowest BCUT2D eigenvalue weighted by Gasteiger charge is -2.08. The van der Waals surface area contributed by atoms with Crippen LogP contribution in [-0.2, 0) is 14.3 Å². The average molecular weight is 276 g/mol. The lowest BCUT2D eigenvalue weighted by molar-refractivity contribution is -0.109. The molecule has 3 nitrogen and oxygen atoms in total. The Morgan fingerprint density at radius 3 is 2.63 bits per heavy atom. The monoisotopic (exact) mass is 276 g/mol. The van der Waals surface area contributed by atoms with Gasteiger partial charge in [-0.1, -0.05) is 35.7 Å². The van der Waals surface area contributed by atoms with E-state index in [0.717, 1.165) is 23.3 Å². The van der Waals surface area contributed by atoms with Gasteiger partial charge in [-0.05, 0) is 12.1 Å². The van der Waals surface area contributed by atoms with E-state index in [1.54, 1.807) is 6.92 Å². The summed E-state index contributed by atoms with van der Waals surface area (Å²) in [5.74, 6) is 6.89. The number of hydrogen-bond acceptors (Lipinski definition) is 4. The number of benzene rings is 1. The van der Waals surface area contributed by atoms with Crippen molar-refractivity contribution in [2.24, 2.45) is 0 Å². The zero-order chi connectivity index (χ0) is 13.5. The van der Waals surface area contributed by atoms with E-state index in [-0.39, 0.29) is 11.4 Å². The van der Waals surface area contributed by atoms with Gasteiger partial charge in [0.2, 0.25) is 0 Å². The smallest absolute Gasteiger partial charge is 0.185 e. The minimum absolute atomic E-state index is 0.141. The van der Waals surface area contributed by atoms with Crippen LogP contribution in [0.3, 0.4) is 0 Å². The Balaban J connectivity index is 1.84. The van der Waals surface area contributed by atoms with E-state index in [1.807, 2.05) is 24.3 Å². The third-order valence-electron chi connectivity index (χ3n) is 2.57. The second kappa shape index (κ2) is 7.34. The largest absolute Gasteiger partial charge is 0.346 e. The molecule has 1 saturated heterocycles. The second-order valence-corrected chi connectivity index (χ2v) is 5.36. The summed E-state index contributed by atoms with van der Waals surface area (Å²) in [5, 5.41) is 0.141. The van der Waals surface area contributed by atoms with Crippen molar-refractivity contribution in [1.82, 2.24) is 0 Å². The second-order valence-electron chi connectivity index (χ2n) is 4.09. The van der Waals surface area contributed by atoms with Crippen LogP contribution in [0.15, 0.2) is 24.3 Å². The lowest BCUT2D eigenvalue weighted by Crippen LogP contribution is -1.97. The first kappa shape index (κ1) is 14.1. The van der Waals surface area contributed by atoms with Crippen LogP contribution in [0.1, 0.15) is 30.8 Å². The molecule has 0 aromatic heterocycles. The summed E-state index contributed by atoms with van der Waals surface area (Å²) in [4.78, 5) is 10.7. The summed E-state index contributed by atoms with van der Waals surface area (Å²) in [6.45, 7) is 2.88. The Morgan fingerprint density at radius 2 is 2.00 bits per heavy atom. The van der Waals surface area contributed by atoms with Crippen LogP contribution >= 0.6 is 11.8 Å². The standard InChI is InChI=1S/C15H16O3S/c1-12(16)19-11-3-2-4-13-5-7-14(8-6-13)15-17-9-10-18-15/h5-8,15H,3,9-11H2,1H3. The summed E-state index contributed by atoms with van der Waals surface area (Å²) >= 11 is 1.31. The van der Waals surface area contributed by atoms with Gasteiger partial charge in [-0.3, -0.25) is 4.79 Å². The van der Waals surface area contributed by atoms with Gasteiger partial charge in [-0.25, -0.2) is 0 Å². The van der Waals surface area contributed by atoms with E-state index in [2.05, 4.69) is 11.8 Å². The zero-order valence-electron chi connectivity index (χ0n) is 10.8. The van der Waals surface area contributed by atoms with Gasteiger partial charge in [-0.2, -0.15) is 0 Å². The SMILES string of the molecule is CC(=O)SCCC#Cc1ccc(C2OCCO2)cc1. The van der Waals surface area contributed by atoms with E-state index in [4.69, 9.17) is 9.47 Å².